The zero-order valence-electron chi connectivity index (χ0n) is 7.96. The largest absolute Gasteiger partial charge is 0.361 e. The van der Waals surface area contributed by atoms with Gasteiger partial charge in [0.1, 0.15) is 11.2 Å². The Labute approximate surface area is 78.8 Å². The molecule has 5 aliphatic rings. The van der Waals surface area contributed by atoms with Gasteiger partial charge < -0.3 is 4.74 Å². The lowest BCUT2D eigenvalue weighted by atomic mass is 9.71. The van der Waals surface area contributed by atoms with E-state index in [1.165, 1.54) is 38.5 Å². The van der Waals surface area contributed by atoms with Crippen molar-refractivity contribution in [2.24, 2.45) is 23.7 Å². The summed E-state index contributed by atoms with van der Waals surface area (Å²) in [5.41, 5.74) is 0.970. The fourth-order valence-electron chi connectivity index (χ4n) is 6.05. The standard InChI is InChI=1S/C12H16O/c1-2-8-5-7(1)11-9-3-4-10(6-9)12(8,11)13-11/h7-10H,1-6H2. The number of rotatable bonds is 0. The van der Waals surface area contributed by atoms with E-state index in [-0.39, 0.29) is 0 Å². The molecule has 1 saturated heterocycles. The number of fused-ring (bicyclic) bond motifs is 4. The molecule has 0 radical (unpaired) electrons. The van der Waals surface area contributed by atoms with E-state index in [9.17, 15) is 0 Å². The minimum Gasteiger partial charge on any atom is -0.361 e. The molecule has 0 amide bonds. The third kappa shape index (κ3) is 0.393. The first-order valence-electron chi connectivity index (χ1n) is 6.08. The summed E-state index contributed by atoms with van der Waals surface area (Å²) >= 11 is 0. The average molecular weight is 176 g/mol. The quantitative estimate of drug-likeness (QED) is 0.516. The van der Waals surface area contributed by atoms with Crippen LogP contribution in [0.15, 0.2) is 0 Å². The zero-order valence-corrected chi connectivity index (χ0v) is 7.96. The van der Waals surface area contributed by atoms with Crippen LogP contribution in [-0.2, 0) is 4.74 Å². The Morgan fingerprint density at radius 2 is 1.08 bits per heavy atom. The molecule has 1 aliphatic heterocycles. The van der Waals surface area contributed by atoms with Gasteiger partial charge in [0.25, 0.3) is 0 Å². The molecule has 5 fully saturated rings. The lowest BCUT2D eigenvalue weighted by Crippen LogP contribution is -2.37. The highest BCUT2D eigenvalue weighted by atomic mass is 16.6. The molecule has 1 heteroatoms. The molecule has 13 heavy (non-hydrogen) atoms. The summed E-state index contributed by atoms with van der Waals surface area (Å²) in [4.78, 5) is 0. The van der Waals surface area contributed by atoms with Crippen LogP contribution in [-0.4, -0.2) is 11.2 Å². The molecule has 5 rings (SSSR count). The van der Waals surface area contributed by atoms with Gasteiger partial charge in [-0.3, -0.25) is 0 Å². The average Bonchev–Trinajstić information content (AvgIpc) is 2.66. The minimum atomic E-state index is 0.485. The predicted molar refractivity (Wildman–Crippen MR) is 48.2 cm³/mol. The van der Waals surface area contributed by atoms with Gasteiger partial charge in [-0.15, -0.1) is 0 Å². The summed E-state index contributed by atoms with van der Waals surface area (Å²) in [5, 5.41) is 0. The van der Waals surface area contributed by atoms with Crippen LogP contribution >= 0.6 is 0 Å². The first-order chi connectivity index (χ1) is 6.38. The van der Waals surface area contributed by atoms with E-state index >= 15 is 0 Å². The Bertz CT molecular complexity index is 258. The summed E-state index contributed by atoms with van der Waals surface area (Å²) in [7, 11) is 0. The van der Waals surface area contributed by atoms with Crippen molar-refractivity contribution < 1.29 is 4.74 Å². The summed E-state index contributed by atoms with van der Waals surface area (Å²) < 4.78 is 6.34. The predicted octanol–water partition coefficient (Wildman–Crippen LogP) is 2.35. The van der Waals surface area contributed by atoms with Crippen molar-refractivity contribution in [2.45, 2.75) is 49.7 Å². The van der Waals surface area contributed by atoms with Crippen LogP contribution in [0.25, 0.3) is 0 Å². The second kappa shape index (κ2) is 1.50. The van der Waals surface area contributed by atoms with Gasteiger partial charge in [0.15, 0.2) is 0 Å². The Hall–Kier alpha value is -0.0400. The van der Waals surface area contributed by atoms with E-state index in [2.05, 4.69) is 0 Å². The van der Waals surface area contributed by atoms with Gasteiger partial charge in [0.2, 0.25) is 0 Å². The number of hydrogen-bond acceptors (Lipinski definition) is 1. The summed E-state index contributed by atoms with van der Waals surface area (Å²) in [6.07, 6.45) is 9.05. The van der Waals surface area contributed by atoms with Crippen molar-refractivity contribution in [1.82, 2.24) is 0 Å². The van der Waals surface area contributed by atoms with Crippen LogP contribution in [0.4, 0.5) is 0 Å². The second-order valence-electron chi connectivity index (χ2n) is 6.10. The molecule has 4 bridgehead atoms. The molecule has 1 heterocycles. The number of hydrogen-bond donors (Lipinski definition) is 0. The van der Waals surface area contributed by atoms with Crippen LogP contribution in [0.3, 0.4) is 0 Å². The molecule has 70 valence electrons. The van der Waals surface area contributed by atoms with Crippen molar-refractivity contribution in [3.05, 3.63) is 0 Å². The molecule has 0 aromatic rings. The topological polar surface area (TPSA) is 12.5 Å². The third-order valence-electron chi connectivity index (χ3n) is 6.20. The van der Waals surface area contributed by atoms with Crippen molar-refractivity contribution in [3.8, 4) is 0 Å². The monoisotopic (exact) mass is 176 g/mol. The molecule has 1 nitrogen and oxygen atoms in total. The van der Waals surface area contributed by atoms with Gasteiger partial charge in [-0.25, -0.2) is 0 Å². The Morgan fingerprint density at radius 3 is 1.46 bits per heavy atom. The van der Waals surface area contributed by atoms with Gasteiger partial charge in [-0.1, -0.05) is 0 Å². The van der Waals surface area contributed by atoms with Crippen molar-refractivity contribution in [2.75, 3.05) is 0 Å². The molecule has 0 aromatic heterocycles. The molecule has 4 saturated carbocycles. The van der Waals surface area contributed by atoms with Crippen LogP contribution in [0.1, 0.15) is 38.5 Å². The number of ether oxygens (including phenoxy) is 1. The summed E-state index contributed by atoms with van der Waals surface area (Å²) in [5.74, 6) is 3.97. The van der Waals surface area contributed by atoms with Crippen molar-refractivity contribution in [1.29, 1.82) is 0 Å². The maximum atomic E-state index is 6.34. The lowest BCUT2D eigenvalue weighted by Gasteiger charge is -2.27. The Morgan fingerprint density at radius 1 is 0.692 bits per heavy atom. The van der Waals surface area contributed by atoms with E-state index in [4.69, 9.17) is 4.74 Å². The second-order valence-corrected chi connectivity index (χ2v) is 6.10. The van der Waals surface area contributed by atoms with Gasteiger partial charge in [0, 0.05) is 0 Å². The highest BCUT2D eigenvalue weighted by Gasteiger charge is 2.90. The van der Waals surface area contributed by atoms with Gasteiger partial charge in [0.05, 0.1) is 0 Å². The highest BCUT2D eigenvalue weighted by molar-refractivity contribution is 5.38. The first kappa shape index (κ1) is 6.44. The molecule has 0 spiro atoms. The van der Waals surface area contributed by atoms with Crippen molar-refractivity contribution in [3.63, 3.8) is 0 Å². The first-order valence-corrected chi connectivity index (χ1v) is 6.08. The van der Waals surface area contributed by atoms with E-state index < -0.39 is 0 Å². The summed E-state index contributed by atoms with van der Waals surface area (Å²) in [6, 6.07) is 0. The molecule has 4 atom stereocenters. The van der Waals surface area contributed by atoms with Gasteiger partial charge in [-0.2, -0.15) is 0 Å². The molecular formula is C12H16O. The Kier molecular flexibility index (Phi) is 0.743. The fourth-order valence-corrected chi connectivity index (χ4v) is 6.05. The smallest absolute Gasteiger partial charge is 0.104 e. The van der Waals surface area contributed by atoms with E-state index in [1.807, 2.05) is 0 Å². The maximum Gasteiger partial charge on any atom is 0.104 e. The van der Waals surface area contributed by atoms with Crippen LogP contribution < -0.4 is 0 Å². The molecule has 4 unspecified atom stereocenters. The van der Waals surface area contributed by atoms with Crippen LogP contribution in [0.2, 0.25) is 0 Å². The van der Waals surface area contributed by atoms with Crippen LogP contribution in [0, 0.1) is 23.7 Å². The maximum absolute atomic E-state index is 6.34. The number of epoxide rings is 1. The molecular weight excluding hydrogens is 160 g/mol. The zero-order chi connectivity index (χ0) is 8.26. The van der Waals surface area contributed by atoms with Gasteiger partial charge in [-0.05, 0) is 62.2 Å². The molecule has 0 aromatic carbocycles. The summed E-state index contributed by atoms with van der Waals surface area (Å²) in [6.45, 7) is 0. The Balaban J connectivity index is 1.78. The van der Waals surface area contributed by atoms with E-state index in [1.54, 1.807) is 0 Å². The third-order valence-corrected chi connectivity index (χ3v) is 6.20. The normalized spacial score (nSPS) is 75.7. The molecule has 0 N–H and O–H groups in total. The molecule has 4 aliphatic carbocycles. The van der Waals surface area contributed by atoms with Crippen LogP contribution in [0.5, 0.6) is 0 Å². The van der Waals surface area contributed by atoms with E-state index in [0.29, 0.717) is 11.2 Å². The highest BCUT2D eigenvalue weighted by Crippen LogP contribution is 2.84. The van der Waals surface area contributed by atoms with Crippen molar-refractivity contribution >= 4 is 0 Å². The van der Waals surface area contributed by atoms with Gasteiger partial charge >= 0.3 is 0 Å². The SMILES string of the molecule is C1CC2CC1C13OC21C1CCC3C1. The van der Waals surface area contributed by atoms with E-state index in [0.717, 1.165) is 23.7 Å². The minimum absolute atomic E-state index is 0.485. The lowest BCUT2D eigenvalue weighted by molar-refractivity contribution is 0.0896. The fraction of sp³-hybridized carbons (Fsp3) is 1.00.